The van der Waals surface area contributed by atoms with Crippen molar-refractivity contribution in [3.05, 3.63) is 21.9 Å². The molecule has 0 bridgehead atoms. The van der Waals surface area contributed by atoms with Gasteiger partial charge in [-0.3, -0.25) is 4.79 Å². The molecule has 2 nitrogen and oxygen atoms in total. The van der Waals surface area contributed by atoms with E-state index in [-0.39, 0.29) is 11.4 Å². The molecule has 3 heteroatoms. The number of nitrogens with one attached hydrogen (secondary N) is 1. The molecule has 1 N–H and O–H groups in total. The molecule has 1 amide bonds. The van der Waals surface area contributed by atoms with Crippen molar-refractivity contribution in [2.24, 2.45) is 0 Å². The van der Waals surface area contributed by atoms with Crippen LogP contribution in [0, 0.1) is 0 Å². The highest BCUT2D eigenvalue weighted by molar-refractivity contribution is 7.12. The summed E-state index contributed by atoms with van der Waals surface area (Å²) in [6, 6.07) is 2.04. The van der Waals surface area contributed by atoms with E-state index < -0.39 is 0 Å². The Morgan fingerprint density at radius 1 is 1.58 bits per heavy atom. The second-order valence-corrected chi connectivity index (χ2v) is 4.71. The van der Waals surface area contributed by atoms with E-state index in [9.17, 15) is 4.79 Å². The highest BCUT2D eigenvalue weighted by Crippen LogP contribution is 2.26. The number of amides is 1. The lowest BCUT2D eigenvalue weighted by Crippen LogP contribution is -2.48. The third-order valence-electron chi connectivity index (χ3n) is 2.04. The third-order valence-corrected chi connectivity index (χ3v) is 2.99. The number of rotatable bonds is 0. The van der Waals surface area contributed by atoms with Crippen LogP contribution in [-0.4, -0.2) is 11.4 Å². The molecule has 1 aromatic rings. The Kier molecular flexibility index (Phi) is 1.51. The molecule has 2 heterocycles. The van der Waals surface area contributed by atoms with Gasteiger partial charge < -0.3 is 5.32 Å². The summed E-state index contributed by atoms with van der Waals surface area (Å²) in [5.41, 5.74) is 1.11. The summed E-state index contributed by atoms with van der Waals surface area (Å²) in [7, 11) is 0. The van der Waals surface area contributed by atoms with Crippen molar-refractivity contribution in [3.63, 3.8) is 0 Å². The largest absolute Gasteiger partial charge is 0.346 e. The van der Waals surface area contributed by atoms with Gasteiger partial charge in [0, 0.05) is 5.54 Å². The van der Waals surface area contributed by atoms with E-state index in [0.29, 0.717) is 0 Å². The molecular weight excluding hydrogens is 170 g/mol. The number of fused-ring (bicyclic) bond motifs is 1. The van der Waals surface area contributed by atoms with Gasteiger partial charge in [-0.25, -0.2) is 0 Å². The van der Waals surface area contributed by atoms with Gasteiger partial charge in [0.05, 0.1) is 4.88 Å². The summed E-state index contributed by atoms with van der Waals surface area (Å²) >= 11 is 1.52. The molecule has 12 heavy (non-hydrogen) atoms. The predicted octanol–water partition coefficient (Wildman–Crippen LogP) is 1.81. The molecule has 2 rings (SSSR count). The molecule has 0 saturated heterocycles. The van der Waals surface area contributed by atoms with Crippen LogP contribution in [0.3, 0.4) is 0 Å². The molecule has 0 aliphatic carbocycles. The van der Waals surface area contributed by atoms with Crippen molar-refractivity contribution in [2.45, 2.75) is 25.8 Å². The average Bonchev–Trinajstić information content (AvgIpc) is 2.31. The van der Waals surface area contributed by atoms with E-state index in [4.69, 9.17) is 0 Å². The van der Waals surface area contributed by atoms with Crippen molar-refractivity contribution in [3.8, 4) is 0 Å². The maximum absolute atomic E-state index is 11.5. The summed E-state index contributed by atoms with van der Waals surface area (Å²) in [6.07, 6.45) is 0.942. The van der Waals surface area contributed by atoms with Crippen LogP contribution in [0.25, 0.3) is 0 Å². The number of thiophene rings is 1. The smallest absolute Gasteiger partial charge is 0.262 e. The summed E-state index contributed by atoms with van der Waals surface area (Å²) in [6.45, 7) is 4.09. The summed E-state index contributed by atoms with van der Waals surface area (Å²) in [5.74, 6) is 0.0799. The monoisotopic (exact) mass is 181 g/mol. The zero-order valence-electron chi connectivity index (χ0n) is 7.18. The number of carbonyl (C=O) groups is 1. The Balaban J connectivity index is 2.45. The molecule has 1 aliphatic rings. The van der Waals surface area contributed by atoms with E-state index in [2.05, 4.69) is 5.32 Å². The minimum atomic E-state index is -0.0782. The maximum atomic E-state index is 11.5. The molecule has 64 valence electrons. The molecule has 0 spiro atoms. The lowest BCUT2D eigenvalue weighted by Gasteiger charge is -2.30. The fraction of sp³-hybridized carbons (Fsp3) is 0.444. The first kappa shape index (κ1) is 7.80. The second kappa shape index (κ2) is 2.33. The second-order valence-electron chi connectivity index (χ2n) is 3.79. The van der Waals surface area contributed by atoms with Crippen LogP contribution in [0.4, 0.5) is 0 Å². The van der Waals surface area contributed by atoms with Gasteiger partial charge in [-0.2, -0.15) is 0 Å². The molecule has 0 fully saturated rings. The third kappa shape index (κ3) is 1.14. The van der Waals surface area contributed by atoms with Gasteiger partial charge in [0.1, 0.15) is 0 Å². The van der Waals surface area contributed by atoms with E-state index in [0.717, 1.165) is 11.3 Å². The first-order valence-corrected chi connectivity index (χ1v) is 4.85. The predicted molar refractivity (Wildman–Crippen MR) is 49.6 cm³/mol. The van der Waals surface area contributed by atoms with Gasteiger partial charge in [-0.1, -0.05) is 0 Å². The molecule has 1 aliphatic heterocycles. The van der Waals surface area contributed by atoms with Gasteiger partial charge in [0.2, 0.25) is 0 Å². The quantitative estimate of drug-likeness (QED) is 0.650. The van der Waals surface area contributed by atoms with E-state index >= 15 is 0 Å². The van der Waals surface area contributed by atoms with Crippen molar-refractivity contribution < 1.29 is 4.79 Å². The van der Waals surface area contributed by atoms with Crippen LogP contribution >= 0.6 is 11.3 Å². The fourth-order valence-electron chi connectivity index (χ4n) is 1.56. The molecule has 0 aromatic carbocycles. The topological polar surface area (TPSA) is 29.1 Å². The Bertz CT molecular complexity index is 327. The zero-order chi connectivity index (χ0) is 8.77. The Morgan fingerprint density at radius 2 is 2.33 bits per heavy atom. The molecular formula is C9H11NOS. The van der Waals surface area contributed by atoms with E-state index in [1.165, 1.54) is 16.9 Å². The molecule has 0 unspecified atom stereocenters. The van der Waals surface area contributed by atoms with Gasteiger partial charge in [-0.15, -0.1) is 11.3 Å². The molecule has 0 radical (unpaired) electrons. The normalized spacial score (nSPS) is 20.0. The maximum Gasteiger partial charge on any atom is 0.262 e. The van der Waals surface area contributed by atoms with Gasteiger partial charge in [-0.05, 0) is 37.3 Å². The SMILES string of the molecule is CC1(C)Cc2ccsc2C(=O)N1. The Hall–Kier alpha value is -0.830. The minimum Gasteiger partial charge on any atom is -0.346 e. The first-order valence-electron chi connectivity index (χ1n) is 3.97. The van der Waals surface area contributed by atoms with E-state index in [1.54, 1.807) is 0 Å². The van der Waals surface area contributed by atoms with E-state index in [1.807, 2.05) is 25.3 Å². The van der Waals surface area contributed by atoms with Crippen molar-refractivity contribution in [2.75, 3.05) is 0 Å². The summed E-state index contributed by atoms with van der Waals surface area (Å²) < 4.78 is 0. The minimum absolute atomic E-state index is 0.0782. The van der Waals surface area contributed by atoms with Gasteiger partial charge in [0.25, 0.3) is 5.91 Å². The number of hydrogen-bond donors (Lipinski definition) is 1. The van der Waals surface area contributed by atoms with Crippen LogP contribution in [0.15, 0.2) is 11.4 Å². The van der Waals surface area contributed by atoms with Crippen LogP contribution in [0.2, 0.25) is 0 Å². The van der Waals surface area contributed by atoms with Crippen molar-refractivity contribution >= 4 is 17.2 Å². The van der Waals surface area contributed by atoms with Crippen LogP contribution in [-0.2, 0) is 6.42 Å². The fourth-order valence-corrected chi connectivity index (χ4v) is 2.38. The van der Waals surface area contributed by atoms with Crippen LogP contribution < -0.4 is 5.32 Å². The average molecular weight is 181 g/mol. The molecule has 1 aromatic heterocycles. The van der Waals surface area contributed by atoms with Gasteiger partial charge in [0.15, 0.2) is 0 Å². The van der Waals surface area contributed by atoms with Crippen LogP contribution in [0.1, 0.15) is 29.1 Å². The standard InChI is InChI=1S/C9H11NOS/c1-9(2)5-6-3-4-12-7(6)8(11)10-9/h3-4H,5H2,1-2H3,(H,10,11). The first-order chi connectivity index (χ1) is 5.58. The lowest BCUT2D eigenvalue weighted by molar-refractivity contribution is 0.0902. The highest BCUT2D eigenvalue weighted by Gasteiger charge is 2.30. The molecule has 0 saturated carbocycles. The van der Waals surface area contributed by atoms with Gasteiger partial charge >= 0.3 is 0 Å². The Morgan fingerprint density at radius 3 is 3.08 bits per heavy atom. The summed E-state index contributed by atoms with van der Waals surface area (Å²) in [5, 5.41) is 4.95. The Labute approximate surface area is 75.6 Å². The zero-order valence-corrected chi connectivity index (χ0v) is 7.99. The lowest BCUT2D eigenvalue weighted by atomic mass is 9.91. The highest BCUT2D eigenvalue weighted by atomic mass is 32.1. The van der Waals surface area contributed by atoms with Crippen molar-refractivity contribution in [1.82, 2.24) is 5.32 Å². The van der Waals surface area contributed by atoms with Crippen molar-refractivity contribution in [1.29, 1.82) is 0 Å². The number of hydrogen-bond acceptors (Lipinski definition) is 2. The summed E-state index contributed by atoms with van der Waals surface area (Å²) in [4.78, 5) is 12.3. The van der Waals surface area contributed by atoms with Crippen LogP contribution in [0.5, 0.6) is 0 Å². The number of carbonyl (C=O) groups excluding carboxylic acids is 1. The molecule has 0 atom stereocenters.